The minimum absolute atomic E-state index is 0.227. The molecule has 0 aromatic carbocycles. The highest BCUT2D eigenvalue weighted by molar-refractivity contribution is 6.03. The van der Waals surface area contributed by atoms with E-state index in [0.29, 0.717) is 28.1 Å². The number of carbonyl (C=O) groups is 1. The average molecular weight is 387 g/mol. The van der Waals surface area contributed by atoms with E-state index in [1.165, 1.54) is 23.4 Å². The lowest BCUT2D eigenvalue weighted by Crippen LogP contribution is -2.17. The lowest BCUT2D eigenvalue weighted by Gasteiger charge is -2.13. The van der Waals surface area contributed by atoms with Gasteiger partial charge < -0.3 is 10.2 Å². The second-order valence-electron chi connectivity index (χ2n) is 6.40. The topological polar surface area (TPSA) is 136 Å². The van der Waals surface area contributed by atoms with Gasteiger partial charge in [-0.25, -0.2) is 9.97 Å². The lowest BCUT2D eigenvalue weighted by atomic mass is 10.2. The van der Waals surface area contributed by atoms with E-state index in [4.69, 9.17) is 10.5 Å². The maximum atomic E-state index is 12.5. The molecule has 3 rings (SSSR count). The van der Waals surface area contributed by atoms with Gasteiger partial charge in [0.1, 0.15) is 12.1 Å². The predicted molar refractivity (Wildman–Crippen MR) is 107 cm³/mol. The summed E-state index contributed by atoms with van der Waals surface area (Å²) < 4.78 is 1.50. The normalized spacial score (nSPS) is 11.8. The molecule has 0 fully saturated rings. The fourth-order valence-electron chi connectivity index (χ4n) is 2.50. The summed E-state index contributed by atoms with van der Waals surface area (Å²) in [5.74, 6) is -0.0921. The Bertz CT molecular complexity index is 1180. The van der Waals surface area contributed by atoms with Crippen LogP contribution in [-0.4, -0.2) is 57.0 Å². The monoisotopic (exact) mass is 387 g/mol. The minimum atomic E-state index is -0.541. The SMILES string of the molecule is C[C@H](C#N)Nc1cc(-n2ncc3cc(C#N)cnc32)ncc1C(=O)N=CN(C)C. The first-order valence-corrected chi connectivity index (χ1v) is 8.58. The van der Waals surface area contributed by atoms with Crippen LogP contribution in [0.25, 0.3) is 16.9 Å². The van der Waals surface area contributed by atoms with Crippen LogP contribution in [0.3, 0.4) is 0 Å². The van der Waals surface area contributed by atoms with Crippen molar-refractivity contribution in [2.75, 3.05) is 19.4 Å². The van der Waals surface area contributed by atoms with E-state index in [9.17, 15) is 4.79 Å². The number of fused-ring (bicyclic) bond motifs is 1. The van der Waals surface area contributed by atoms with E-state index in [2.05, 4.69) is 31.4 Å². The van der Waals surface area contributed by atoms with Crippen molar-refractivity contribution in [1.82, 2.24) is 24.6 Å². The van der Waals surface area contributed by atoms with E-state index >= 15 is 0 Å². The van der Waals surface area contributed by atoms with Gasteiger partial charge in [-0.3, -0.25) is 4.79 Å². The Morgan fingerprint density at radius 2 is 2.07 bits per heavy atom. The molecule has 1 atom stereocenters. The highest BCUT2D eigenvalue weighted by atomic mass is 16.1. The number of hydrogen-bond donors (Lipinski definition) is 1. The van der Waals surface area contributed by atoms with Crippen molar-refractivity contribution in [2.45, 2.75) is 13.0 Å². The number of amides is 1. The molecule has 3 heterocycles. The van der Waals surface area contributed by atoms with Gasteiger partial charge in [0.15, 0.2) is 11.5 Å². The van der Waals surface area contributed by atoms with Crippen molar-refractivity contribution < 1.29 is 4.79 Å². The number of aromatic nitrogens is 4. The molecule has 0 unspecified atom stereocenters. The van der Waals surface area contributed by atoms with Crippen molar-refractivity contribution in [3.63, 3.8) is 0 Å². The summed E-state index contributed by atoms with van der Waals surface area (Å²) in [7, 11) is 3.51. The van der Waals surface area contributed by atoms with Gasteiger partial charge in [0.25, 0.3) is 5.91 Å². The molecule has 3 aromatic rings. The minimum Gasteiger partial charge on any atom is -0.369 e. The molecule has 144 valence electrons. The molecule has 0 radical (unpaired) electrons. The summed E-state index contributed by atoms with van der Waals surface area (Å²) in [4.78, 5) is 26.6. The molecule has 0 aliphatic heterocycles. The zero-order valence-corrected chi connectivity index (χ0v) is 16.0. The Balaban J connectivity index is 2.07. The molecule has 0 saturated heterocycles. The van der Waals surface area contributed by atoms with Crippen LogP contribution in [-0.2, 0) is 0 Å². The Labute approximate surface area is 166 Å². The molecule has 10 nitrogen and oxygen atoms in total. The molecule has 10 heteroatoms. The third-order valence-corrected chi connectivity index (χ3v) is 3.85. The zero-order valence-electron chi connectivity index (χ0n) is 16.0. The first-order chi connectivity index (χ1) is 13.9. The molecule has 0 aliphatic rings. The number of nitrogens with one attached hydrogen (secondary N) is 1. The summed E-state index contributed by atoms with van der Waals surface area (Å²) in [6.07, 6.45) is 5.81. The first-order valence-electron chi connectivity index (χ1n) is 8.58. The number of hydrogen-bond acceptors (Lipinski definition) is 7. The van der Waals surface area contributed by atoms with E-state index in [0.717, 1.165) is 0 Å². The molecule has 1 amide bonds. The Kier molecular flexibility index (Phi) is 5.47. The van der Waals surface area contributed by atoms with Gasteiger partial charge in [0, 0.05) is 37.9 Å². The van der Waals surface area contributed by atoms with Gasteiger partial charge in [-0.1, -0.05) is 0 Å². The average Bonchev–Trinajstić information content (AvgIpc) is 3.14. The standard InChI is InChI=1S/C19H17N9O/c1-12(6-20)26-16-5-17(22-10-15(16)19(29)24-11-27(2)3)28-18-14(9-25-28)4-13(7-21)8-23-18/h4-5,8-12H,1-3H3,(H,22,26)/t12-/m1/s1. The van der Waals surface area contributed by atoms with E-state index in [1.807, 2.05) is 6.07 Å². The number of carbonyl (C=O) groups excluding carboxylic acids is 1. The highest BCUT2D eigenvalue weighted by Gasteiger charge is 2.16. The molecule has 29 heavy (non-hydrogen) atoms. The first kappa shape index (κ1) is 19.5. The van der Waals surface area contributed by atoms with Gasteiger partial charge in [0.05, 0.1) is 35.4 Å². The number of aliphatic imine (C=N–C) groups is 1. The number of nitriles is 2. The maximum Gasteiger partial charge on any atom is 0.282 e. The van der Waals surface area contributed by atoms with Crippen molar-refractivity contribution in [3.05, 3.63) is 41.9 Å². The van der Waals surface area contributed by atoms with Gasteiger partial charge >= 0.3 is 0 Å². The second kappa shape index (κ2) is 8.15. The molecule has 3 aromatic heterocycles. The third kappa shape index (κ3) is 4.17. The molecule has 1 N–H and O–H groups in total. The van der Waals surface area contributed by atoms with Gasteiger partial charge in [-0.2, -0.15) is 25.3 Å². The summed E-state index contributed by atoms with van der Waals surface area (Å²) in [5.41, 5.74) is 1.57. The predicted octanol–water partition coefficient (Wildman–Crippen LogP) is 1.74. The molecular weight excluding hydrogens is 370 g/mol. The zero-order chi connectivity index (χ0) is 21.0. The lowest BCUT2D eigenvalue weighted by molar-refractivity contribution is 0.100. The quantitative estimate of drug-likeness (QED) is 0.516. The number of pyridine rings is 2. The van der Waals surface area contributed by atoms with E-state index in [-0.39, 0.29) is 5.56 Å². The van der Waals surface area contributed by atoms with Gasteiger partial charge in [-0.15, -0.1) is 0 Å². The van der Waals surface area contributed by atoms with Crippen molar-refractivity contribution in [2.24, 2.45) is 4.99 Å². The third-order valence-electron chi connectivity index (χ3n) is 3.85. The Morgan fingerprint density at radius 1 is 1.28 bits per heavy atom. The second-order valence-corrected chi connectivity index (χ2v) is 6.40. The van der Waals surface area contributed by atoms with Crippen LogP contribution in [0.15, 0.2) is 35.7 Å². The van der Waals surface area contributed by atoms with Crippen LogP contribution in [0, 0.1) is 22.7 Å². The van der Waals surface area contributed by atoms with Crippen molar-refractivity contribution in [1.29, 1.82) is 10.5 Å². The summed E-state index contributed by atoms with van der Waals surface area (Å²) >= 11 is 0. The molecule has 0 aliphatic carbocycles. The van der Waals surface area contributed by atoms with Gasteiger partial charge in [0.2, 0.25) is 0 Å². The summed E-state index contributed by atoms with van der Waals surface area (Å²) in [5, 5.41) is 26.1. The van der Waals surface area contributed by atoms with Crippen LogP contribution in [0.2, 0.25) is 0 Å². The number of rotatable bonds is 5. The summed E-state index contributed by atoms with van der Waals surface area (Å²) in [6.45, 7) is 1.67. The van der Waals surface area contributed by atoms with Crippen LogP contribution in [0.1, 0.15) is 22.8 Å². The number of anilines is 1. The van der Waals surface area contributed by atoms with Crippen molar-refractivity contribution >= 4 is 29.0 Å². The maximum absolute atomic E-state index is 12.5. The molecule has 0 bridgehead atoms. The van der Waals surface area contributed by atoms with Crippen LogP contribution in [0.4, 0.5) is 5.69 Å². The van der Waals surface area contributed by atoms with Gasteiger partial charge in [-0.05, 0) is 13.0 Å². The van der Waals surface area contributed by atoms with E-state index < -0.39 is 11.9 Å². The fraction of sp³-hybridized carbons (Fsp3) is 0.211. The fourth-order valence-corrected chi connectivity index (χ4v) is 2.50. The highest BCUT2D eigenvalue weighted by Crippen LogP contribution is 2.22. The van der Waals surface area contributed by atoms with Crippen LogP contribution in [0.5, 0.6) is 0 Å². The number of nitrogens with zero attached hydrogens (tertiary/aromatic N) is 8. The molecule has 0 spiro atoms. The van der Waals surface area contributed by atoms with Crippen molar-refractivity contribution in [3.8, 4) is 18.0 Å². The summed E-state index contributed by atoms with van der Waals surface area (Å²) in [6, 6.07) is 6.85. The largest absolute Gasteiger partial charge is 0.369 e. The Morgan fingerprint density at radius 3 is 2.76 bits per heavy atom. The molecule has 0 saturated carbocycles. The van der Waals surface area contributed by atoms with E-state index in [1.54, 1.807) is 44.2 Å². The Hall–Kier alpha value is -4.31. The van der Waals surface area contributed by atoms with Crippen LogP contribution >= 0.6 is 0 Å². The van der Waals surface area contributed by atoms with Crippen LogP contribution < -0.4 is 5.32 Å². The molecular formula is C19H17N9O. The smallest absolute Gasteiger partial charge is 0.282 e.